The number of hydroxylamine groups is 2. The zero-order chi connectivity index (χ0) is 31.2. The van der Waals surface area contributed by atoms with E-state index in [1.54, 1.807) is 30.5 Å². The minimum atomic E-state index is -4.92. The van der Waals surface area contributed by atoms with Gasteiger partial charge in [0.25, 0.3) is 5.91 Å². The van der Waals surface area contributed by atoms with E-state index in [1.807, 2.05) is 18.2 Å². The molecule has 0 spiro atoms. The Bertz CT molecular complexity index is 1620. The van der Waals surface area contributed by atoms with E-state index < -0.39 is 33.5 Å². The van der Waals surface area contributed by atoms with Crippen molar-refractivity contribution in [2.75, 3.05) is 18.9 Å². The molecule has 1 aliphatic rings. The number of hydrogen-bond donors (Lipinski definition) is 3. The van der Waals surface area contributed by atoms with E-state index in [1.165, 1.54) is 19.2 Å². The molecule has 1 aromatic carbocycles. The topological polar surface area (TPSA) is 222 Å². The number of Topliss-reactive ketones (excluding diaryl/α,β-unsaturated/α-hetero) is 1. The van der Waals surface area contributed by atoms with E-state index in [9.17, 15) is 18.0 Å². The molecule has 0 bridgehead atoms. The molecule has 0 saturated carbocycles. The van der Waals surface area contributed by atoms with E-state index in [-0.39, 0.29) is 36.2 Å². The predicted octanol–water partition coefficient (Wildman–Crippen LogP) is 1.76. The number of amidine groups is 1. The summed E-state index contributed by atoms with van der Waals surface area (Å²) in [5, 5.41) is 6.14. The van der Waals surface area contributed by atoms with E-state index in [2.05, 4.69) is 24.4 Å². The Hall–Kier alpha value is -4.45. The number of anilines is 1. The number of carbonyl (C=O) groups is 2. The summed E-state index contributed by atoms with van der Waals surface area (Å²) in [6, 6.07) is 12.5. The molecule has 0 unspecified atom stereocenters. The van der Waals surface area contributed by atoms with E-state index in [0.29, 0.717) is 23.2 Å². The highest BCUT2D eigenvalue weighted by Crippen LogP contribution is 2.40. The maximum Gasteiger partial charge on any atom is 0.418 e. The molecule has 3 aromatic rings. The van der Waals surface area contributed by atoms with Gasteiger partial charge in [-0.25, -0.2) is 4.98 Å². The van der Waals surface area contributed by atoms with Crippen LogP contribution < -0.4 is 16.2 Å². The number of ketones is 1. The molecule has 4 rings (SSSR count). The molecule has 1 aliphatic heterocycles. The first-order valence-corrected chi connectivity index (χ1v) is 15.0. The zero-order valence-corrected chi connectivity index (χ0v) is 24.7. The lowest BCUT2D eigenvalue weighted by Crippen LogP contribution is -2.68. The molecule has 3 heterocycles. The summed E-state index contributed by atoms with van der Waals surface area (Å²) in [6.07, 6.45) is 1.34. The molecule has 15 nitrogen and oxygen atoms in total. The van der Waals surface area contributed by atoms with Crippen molar-refractivity contribution in [2.45, 2.75) is 32.4 Å². The molecule has 2 aromatic heterocycles. The van der Waals surface area contributed by atoms with Crippen LogP contribution in [-0.4, -0.2) is 70.0 Å². The van der Waals surface area contributed by atoms with E-state index in [4.69, 9.17) is 25.6 Å². The molecule has 1 fully saturated rings. The summed E-state index contributed by atoms with van der Waals surface area (Å²) in [6.45, 7) is 3.38. The van der Waals surface area contributed by atoms with Crippen LogP contribution in [0.3, 0.4) is 0 Å². The first-order valence-electron chi connectivity index (χ1n) is 12.7. The zero-order valence-electron chi connectivity index (χ0n) is 23.1. The molecule has 0 aliphatic carbocycles. The molecule has 228 valence electrons. The van der Waals surface area contributed by atoms with Gasteiger partial charge in [0.05, 0.1) is 23.7 Å². The fourth-order valence-electron chi connectivity index (χ4n) is 4.06. The molecule has 43 heavy (non-hydrogen) atoms. The van der Waals surface area contributed by atoms with Gasteiger partial charge in [-0.1, -0.05) is 11.2 Å². The first kappa shape index (κ1) is 31.5. The van der Waals surface area contributed by atoms with Gasteiger partial charge in [-0.15, -0.1) is 15.6 Å². The third kappa shape index (κ3) is 8.10. The molecule has 17 heteroatoms. The summed E-state index contributed by atoms with van der Waals surface area (Å²) in [5.74, 6) is -1.44. The van der Waals surface area contributed by atoms with Crippen molar-refractivity contribution in [1.29, 1.82) is 0 Å². The highest BCUT2D eigenvalue weighted by atomic mass is 32.3. The average molecular weight is 632 g/mol. The predicted molar refractivity (Wildman–Crippen MR) is 156 cm³/mol. The van der Waals surface area contributed by atoms with Crippen molar-refractivity contribution in [3.05, 3.63) is 71.0 Å². The van der Waals surface area contributed by atoms with Crippen LogP contribution >= 0.6 is 11.3 Å². The number of nitrogen functional groups attached to an aromatic ring is 1. The van der Waals surface area contributed by atoms with Crippen LogP contribution in [0.5, 0.6) is 5.75 Å². The average Bonchev–Trinajstić information content (AvgIpc) is 3.40. The Labute approximate surface area is 251 Å². The number of aromatic nitrogens is 2. The van der Waals surface area contributed by atoms with Crippen LogP contribution in [-0.2, 0) is 35.7 Å². The summed E-state index contributed by atoms with van der Waals surface area (Å²) in [4.78, 5) is 43.6. The number of carbonyl (C=O) groups excluding carboxylic acids is 2. The largest absolute Gasteiger partial charge is 0.490 e. The SMILES string of the molecule is CC1(C)[C@H](CC(=O)/C(=N\OCCOc2ccc(C(N)=NCc3ccccn3)cc2)c2csc(N)n2)C(=O)N1OS(=O)(=O)O. The Kier molecular flexibility index (Phi) is 9.70. The number of ether oxygens (including phenoxy) is 1. The number of nitrogens with zero attached hydrogens (tertiary/aromatic N) is 5. The number of benzene rings is 1. The van der Waals surface area contributed by atoms with Crippen LogP contribution in [0.15, 0.2) is 64.2 Å². The Morgan fingerprint density at radius 3 is 2.53 bits per heavy atom. The first-order chi connectivity index (χ1) is 20.3. The van der Waals surface area contributed by atoms with Crippen molar-refractivity contribution < 1.29 is 36.4 Å². The van der Waals surface area contributed by atoms with Crippen LogP contribution in [0, 0.1) is 5.92 Å². The third-order valence-electron chi connectivity index (χ3n) is 6.35. The Balaban J connectivity index is 1.32. The van der Waals surface area contributed by atoms with Crippen molar-refractivity contribution in [1.82, 2.24) is 15.0 Å². The monoisotopic (exact) mass is 631 g/mol. The highest BCUT2D eigenvalue weighted by Gasteiger charge is 2.57. The third-order valence-corrected chi connectivity index (χ3v) is 7.36. The molecule has 1 saturated heterocycles. The summed E-state index contributed by atoms with van der Waals surface area (Å²) in [7, 11) is -4.92. The molecule has 1 atom stereocenters. The second-order valence-corrected chi connectivity index (χ2v) is 11.6. The molecule has 1 amide bonds. The lowest BCUT2D eigenvalue weighted by atomic mass is 9.74. The van der Waals surface area contributed by atoms with Gasteiger partial charge in [-0.2, -0.15) is 13.5 Å². The standard InChI is InChI=1S/C26H29N7O8S2/c1-26(2)19(24(35)33(26)41-43(36,37)38)13-21(34)22(20-15-42-25(28)31-20)32-40-12-11-39-18-8-6-16(7-9-18)23(27)30-14-17-5-3-4-10-29-17/h3-10,15,19H,11-14H2,1-2H3,(H2,27,30)(H2,28,31)(H,36,37,38)/b32-22-/t19-/m1/s1. The van der Waals surface area contributed by atoms with Gasteiger partial charge < -0.3 is 21.0 Å². The minimum Gasteiger partial charge on any atom is -0.490 e. The number of hydrogen-bond acceptors (Lipinski definition) is 13. The van der Waals surface area contributed by atoms with Crippen molar-refractivity contribution in [3.63, 3.8) is 0 Å². The summed E-state index contributed by atoms with van der Waals surface area (Å²) < 4.78 is 41.0. The van der Waals surface area contributed by atoms with Crippen molar-refractivity contribution in [2.24, 2.45) is 21.8 Å². The maximum absolute atomic E-state index is 13.2. The molecular weight excluding hydrogens is 602 g/mol. The number of thiazole rings is 1. The summed E-state index contributed by atoms with van der Waals surface area (Å²) >= 11 is 1.08. The van der Waals surface area contributed by atoms with E-state index >= 15 is 0 Å². The fraction of sp³-hybridized carbons (Fsp3) is 0.308. The number of rotatable bonds is 14. The van der Waals surface area contributed by atoms with Gasteiger partial charge in [0.1, 0.15) is 23.9 Å². The quantitative estimate of drug-likeness (QED) is 0.0578. The van der Waals surface area contributed by atoms with Gasteiger partial charge in [0.15, 0.2) is 23.2 Å². The van der Waals surface area contributed by atoms with Crippen molar-refractivity contribution in [3.8, 4) is 5.75 Å². The van der Waals surface area contributed by atoms with Crippen LogP contribution in [0.2, 0.25) is 0 Å². The molecule has 0 radical (unpaired) electrons. The Morgan fingerprint density at radius 1 is 1.19 bits per heavy atom. The highest BCUT2D eigenvalue weighted by molar-refractivity contribution is 7.80. The van der Waals surface area contributed by atoms with Gasteiger partial charge in [-0.05, 0) is 50.2 Å². The number of β-lactam (4-membered cyclic amide) rings is 1. The van der Waals surface area contributed by atoms with Crippen LogP contribution in [0.4, 0.5) is 5.13 Å². The van der Waals surface area contributed by atoms with Crippen LogP contribution in [0.25, 0.3) is 0 Å². The fourth-order valence-corrected chi connectivity index (χ4v) is 5.07. The smallest absolute Gasteiger partial charge is 0.418 e. The number of nitrogens with two attached hydrogens (primary N) is 2. The van der Waals surface area contributed by atoms with Crippen molar-refractivity contribution >= 4 is 50.1 Å². The molecular formula is C26H29N7O8S2. The normalized spacial score (nSPS) is 17.0. The number of pyridine rings is 1. The van der Waals surface area contributed by atoms with Gasteiger partial charge in [0, 0.05) is 23.6 Å². The minimum absolute atomic E-state index is 0.0321. The maximum atomic E-state index is 13.2. The van der Waals surface area contributed by atoms with Gasteiger partial charge >= 0.3 is 10.4 Å². The number of amides is 1. The van der Waals surface area contributed by atoms with Gasteiger partial charge in [0.2, 0.25) is 0 Å². The number of aliphatic imine (C=N–C) groups is 1. The number of oxime groups is 1. The second kappa shape index (κ2) is 13.2. The lowest BCUT2D eigenvalue weighted by molar-refractivity contribution is -0.228. The summed E-state index contributed by atoms with van der Waals surface area (Å²) in [5.41, 5.74) is 12.1. The molecule has 5 N–H and O–H groups in total. The van der Waals surface area contributed by atoms with Gasteiger partial charge in [-0.3, -0.25) is 24.1 Å². The lowest BCUT2D eigenvalue weighted by Gasteiger charge is -2.50. The Morgan fingerprint density at radius 2 is 1.93 bits per heavy atom. The van der Waals surface area contributed by atoms with E-state index in [0.717, 1.165) is 22.6 Å². The van der Waals surface area contributed by atoms with Crippen LogP contribution in [0.1, 0.15) is 37.2 Å². The second-order valence-electron chi connectivity index (χ2n) is 9.71.